The fraction of sp³-hybridized carbons (Fsp3) is 1.00. The first kappa shape index (κ1) is 5.05. The Balaban J connectivity index is 1.95. The number of nitrogens with one attached hydrogen (secondary N) is 1. The van der Waals surface area contributed by atoms with Crippen molar-refractivity contribution in [1.29, 1.82) is 0 Å². The highest BCUT2D eigenvalue weighted by molar-refractivity contribution is 8.00. The molecule has 0 aliphatic carbocycles. The first-order valence-corrected chi connectivity index (χ1v) is 3.61. The molecule has 2 fully saturated rings. The van der Waals surface area contributed by atoms with Crippen molar-refractivity contribution in [3.63, 3.8) is 0 Å². The highest BCUT2D eigenvalue weighted by atomic mass is 32.2. The lowest BCUT2D eigenvalue weighted by atomic mass is 10.6. The van der Waals surface area contributed by atoms with E-state index in [4.69, 9.17) is 9.78 Å². The molecule has 0 aromatic rings. The molecule has 2 saturated heterocycles. The molecule has 2 rings (SSSR count). The number of thioether (sulfide) groups is 1. The molecule has 2 aliphatic heterocycles. The Hall–Kier alpha value is 0.230. The molecule has 0 saturated carbocycles. The standard InChI is InChI=1S/C4H7NO2S/c1-2-8-4(3-5-1)6-7-4/h5H,1-3H2. The van der Waals surface area contributed by atoms with Crippen LogP contribution in [0.1, 0.15) is 0 Å². The van der Waals surface area contributed by atoms with Crippen molar-refractivity contribution in [2.45, 2.75) is 5.12 Å². The topological polar surface area (TPSA) is 37.1 Å². The third-order valence-corrected chi connectivity index (χ3v) is 2.34. The second-order valence-corrected chi connectivity index (χ2v) is 3.19. The van der Waals surface area contributed by atoms with Crippen LogP contribution in [0.25, 0.3) is 0 Å². The van der Waals surface area contributed by atoms with Gasteiger partial charge in [-0.3, -0.25) is 0 Å². The van der Waals surface area contributed by atoms with Crippen molar-refractivity contribution in [1.82, 2.24) is 5.32 Å². The lowest BCUT2D eigenvalue weighted by molar-refractivity contribution is 0.0850. The summed E-state index contributed by atoms with van der Waals surface area (Å²) in [6.07, 6.45) is 0. The second-order valence-electron chi connectivity index (χ2n) is 1.87. The van der Waals surface area contributed by atoms with Gasteiger partial charge in [0.15, 0.2) is 0 Å². The van der Waals surface area contributed by atoms with Gasteiger partial charge in [-0.25, -0.2) is 0 Å². The fourth-order valence-electron chi connectivity index (χ4n) is 0.725. The fourth-order valence-corrected chi connectivity index (χ4v) is 1.62. The maximum absolute atomic E-state index is 4.74. The van der Waals surface area contributed by atoms with Gasteiger partial charge in [0.25, 0.3) is 5.12 Å². The van der Waals surface area contributed by atoms with Crippen LogP contribution in [0.3, 0.4) is 0 Å². The number of rotatable bonds is 0. The molecule has 1 spiro atoms. The van der Waals surface area contributed by atoms with Crippen LogP contribution in [0, 0.1) is 0 Å². The average Bonchev–Trinajstić information content (AvgIpc) is 2.52. The van der Waals surface area contributed by atoms with E-state index in [-0.39, 0.29) is 5.12 Å². The molecule has 4 heteroatoms. The van der Waals surface area contributed by atoms with Crippen molar-refractivity contribution < 1.29 is 9.78 Å². The van der Waals surface area contributed by atoms with E-state index in [0.29, 0.717) is 0 Å². The summed E-state index contributed by atoms with van der Waals surface area (Å²) in [5.74, 6) is 1.08. The molecule has 0 atom stereocenters. The highest BCUT2D eigenvalue weighted by Crippen LogP contribution is 2.41. The molecule has 3 nitrogen and oxygen atoms in total. The zero-order valence-electron chi connectivity index (χ0n) is 4.35. The van der Waals surface area contributed by atoms with E-state index < -0.39 is 0 Å². The number of hydrogen-bond donors (Lipinski definition) is 1. The van der Waals surface area contributed by atoms with E-state index in [9.17, 15) is 0 Å². The van der Waals surface area contributed by atoms with E-state index in [2.05, 4.69) is 5.32 Å². The quantitative estimate of drug-likeness (QED) is 0.371. The smallest absolute Gasteiger partial charge is 0.292 e. The average molecular weight is 133 g/mol. The van der Waals surface area contributed by atoms with Crippen LogP contribution < -0.4 is 5.32 Å². The van der Waals surface area contributed by atoms with Gasteiger partial charge in [-0.05, 0) is 0 Å². The maximum atomic E-state index is 4.74. The SMILES string of the molecule is C1CSC2(CN1)OO2. The summed E-state index contributed by atoms with van der Waals surface area (Å²) < 4.78 is 0. The van der Waals surface area contributed by atoms with Gasteiger partial charge < -0.3 is 5.32 Å². The van der Waals surface area contributed by atoms with Gasteiger partial charge in [-0.15, -0.1) is 0 Å². The third-order valence-electron chi connectivity index (χ3n) is 1.21. The van der Waals surface area contributed by atoms with Crippen LogP contribution in [-0.4, -0.2) is 24.0 Å². The molecule has 46 valence electrons. The summed E-state index contributed by atoms with van der Waals surface area (Å²) in [6, 6.07) is 0. The molecule has 0 bridgehead atoms. The molecule has 0 aromatic heterocycles. The van der Waals surface area contributed by atoms with Crippen LogP contribution in [0.4, 0.5) is 0 Å². The van der Waals surface area contributed by atoms with Gasteiger partial charge in [0.1, 0.15) is 0 Å². The molecule has 1 N–H and O–H groups in total. The maximum Gasteiger partial charge on any atom is 0.292 e. The first-order valence-electron chi connectivity index (χ1n) is 2.63. The van der Waals surface area contributed by atoms with Gasteiger partial charge >= 0.3 is 0 Å². The molecule has 2 aliphatic rings. The Kier molecular flexibility index (Phi) is 1.01. The largest absolute Gasteiger partial charge is 0.310 e. The molecular formula is C4H7NO2S. The first-order chi connectivity index (χ1) is 3.91. The number of hydrogen-bond acceptors (Lipinski definition) is 4. The van der Waals surface area contributed by atoms with Crippen molar-refractivity contribution in [2.75, 3.05) is 18.8 Å². The Bertz CT molecular complexity index is 96.2. The van der Waals surface area contributed by atoms with Crippen molar-refractivity contribution in [3.8, 4) is 0 Å². The molecule has 2 heterocycles. The van der Waals surface area contributed by atoms with E-state index in [1.807, 2.05) is 0 Å². The Morgan fingerprint density at radius 3 is 2.75 bits per heavy atom. The Morgan fingerprint density at radius 1 is 1.50 bits per heavy atom. The third kappa shape index (κ3) is 0.735. The minimum absolute atomic E-state index is 0.266. The predicted octanol–water partition coefficient (Wildman–Crippen LogP) is -0.0616. The summed E-state index contributed by atoms with van der Waals surface area (Å²) >= 11 is 1.72. The van der Waals surface area contributed by atoms with Crippen molar-refractivity contribution in [3.05, 3.63) is 0 Å². The predicted molar refractivity (Wildman–Crippen MR) is 30.2 cm³/mol. The van der Waals surface area contributed by atoms with E-state index in [1.165, 1.54) is 0 Å². The molecule has 8 heavy (non-hydrogen) atoms. The minimum Gasteiger partial charge on any atom is -0.310 e. The van der Waals surface area contributed by atoms with Crippen LogP contribution in [0.15, 0.2) is 0 Å². The molecule has 0 aromatic carbocycles. The minimum atomic E-state index is -0.266. The summed E-state index contributed by atoms with van der Waals surface area (Å²) in [6.45, 7) is 1.90. The lowest BCUT2D eigenvalue weighted by Gasteiger charge is -2.13. The van der Waals surface area contributed by atoms with Crippen LogP contribution in [0.2, 0.25) is 0 Å². The van der Waals surface area contributed by atoms with Gasteiger partial charge in [-0.2, -0.15) is 9.78 Å². The zero-order chi connectivity index (χ0) is 5.45. The Morgan fingerprint density at radius 2 is 2.38 bits per heavy atom. The molecule has 0 unspecified atom stereocenters. The van der Waals surface area contributed by atoms with Crippen LogP contribution in [0.5, 0.6) is 0 Å². The van der Waals surface area contributed by atoms with Crippen molar-refractivity contribution in [2.24, 2.45) is 0 Å². The Labute approximate surface area is 51.7 Å². The van der Waals surface area contributed by atoms with Crippen LogP contribution in [-0.2, 0) is 9.78 Å². The molecule has 0 amide bonds. The van der Waals surface area contributed by atoms with E-state index in [0.717, 1.165) is 18.8 Å². The normalized spacial score (nSPS) is 33.0. The van der Waals surface area contributed by atoms with Crippen molar-refractivity contribution >= 4 is 11.8 Å². The highest BCUT2D eigenvalue weighted by Gasteiger charge is 2.50. The summed E-state index contributed by atoms with van der Waals surface area (Å²) in [7, 11) is 0. The summed E-state index contributed by atoms with van der Waals surface area (Å²) in [4.78, 5) is 9.47. The van der Waals surface area contributed by atoms with Gasteiger partial charge in [-0.1, -0.05) is 11.8 Å². The van der Waals surface area contributed by atoms with Crippen LogP contribution >= 0.6 is 11.8 Å². The summed E-state index contributed by atoms with van der Waals surface area (Å²) in [5.41, 5.74) is 0. The summed E-state index contributed by atoms with van der Waals surface area (Å²) in [5, 5.41) is 2.90. The molecular weight excluding hydrogens is 126 g/mol. The lowest BCUT2D eigenvalue weighted by Crippen LogP contribution is -2.34. The van der Waals surface area contributed by atoms with E-state index in [1.54, 1.807) is 11.8 Å². The molecule has 0 radical (unpaired) electrons. The second kappa shape index (κ2) is 1.60. The zero-order valence-corrected chi connectivity index (χ0v) is 5.16. The van der Waals surface area contributed by atoms with Gasteiger partial charge in [0, 0.05) is 12.3 Å². The van der Waals surface area contributed by atoms with E-state index >= 15 is 0 Å². The van der Waals surface area contributed by atoms with Gasteiger partial charge in [0.2, 0.25) is 0 Å². The monoisotopic (exact) mass is 133 g/mol. The van der Waals surface area contributed by atoms with Gasteiger partial charge in [0.05, 0.1) is 6.54 Å².